The predicted octanol–water partition coefficient (Wildman–Crippen LogP) is 4.75. The highest BCUT2D eigenvalue weighted by atomic mass is 19.1. The Labute approximate surface area is 162 Å². The van der Waals surface area contributed by atoms with E-state index in [4.69, 9.17) is 18.9 Å². The van der Waals surface area contributed by atoms with Crippen molar-refractivity contribution in [2.45, 2.75) is 13.2 Å². The van der Waals surface area contributed by atoms with E-state index in [0.717, 1.165) is 28.3 Å². The van der Waals surface area contributed by atoms with Crippen LogP contribution in [0.25, 0.3) is 0 Å². The third-order valence-electron chi connectivity index (χ3n) is 4.43. The van der Waals surface area contributed by atoms with E-state index in [1.165, 1.54) is 12.1 Å². The second-order valence-corrected chi connectivity index (χ2v) is 6.29. The summed E-state index contributed by atoms with van der Waals surface area (Å²) in [5, 5.41) is 3.37. The number of hydrogen-bond donors (Lipinski definition) is 1. The van der Waals surface area contributed by atoms with E-state index in [9.17, 15) is 4.39 Å². The average Bonchev–Trinajstić information content (AvgIpc) is 3.20. The molecule has 0 radical (unpaired) electrons. The maximum Gasteiger partial charge on any atom is 0.231 e. The van der Waals surface area contributed by atoms with Crippen LogP contribution in [-0.2, 0) is 13.2 Å². The number of nitrogens with one attached hydrogen (secondary N) is 1. The number of para-hydroxylation sites is 1. The molecule has 1 N–H and O–H groups in total. The third-order valence-corrected chi connectivity index (χ3v) is 4.43. The van der Waals surface area contributed by atoms with E-state index in [1.807, 2.05) is 36.4 Å². The molecule has 0 aromatic heterocycles. The van der Waals surface area contributed by atoms with Gasteiger partial charge in [-0.25, -0.2) is 4.39 Å². The van der Waals surface area contributed by atoms with E-state index in [0.29, 0.717) is 24.7 Å². The van der Waals surface area contributed by atoms with Gasteiger partial charge in [-0.2, -0.15) is 0 Å². The Morgan fingerprint density at radius 1 is 1.00 bits per heavy atom. The normalized spacial score (nSPS) is 11.9. The first-order valence-electron chi connectivity index (χ1n) is 8.89. The summed E-state index contributed by atoms with van der Waals surface area (Å²) in [6, 6.07) is 17.7. The highest BCUT2D eigenvalue weighted by Crippen LogP contribution is 2.35. The van der Waals surface area contributed by atoms with Gasteiger partial charge < -0.3 is 24.3 Å². The highest BCUT2D eigenvalue weighted by molar-refractivity contribution is 5.56. The van der Waals surface area contributed by atoms with Gasteiger partial charge in [-0.05, 0) is 35.9 Å². The summed E-state index contributed by atoms with van der Waals surface area (Å²) in [5.41, 5.74) is 2.73. The van der Waals surface area contributed by atoms with Gasteiger partial charge in [0.15, 0.2) is 23.0 Å². The number of hydrogen-bond acceptors (Lipinski definition) is 5. The van der Waals surface area contributed by atoms with Crippen LogP contribution in [0.1, 0.15) is 11.1 Å². The van der Waals surface area contributed by atoms with Gasteiger partial charge in [0, 0.05) is 23.9 Å². The Morgan fingerprint density at radius 2 is 1.82 bits per heavy atom. The SMILES string of the molecule is COc1cccc(CNc2ccc3c(c2)OCO3)c1OCc1ccc(F)cc1. The van der Waals surface area contributed by atoms with Crippen molar-refractivity contribution in [3.8, 4) is 23.0 Å². The van der Waals surface area contributed by atoms with Crippen LogP contribution in [0.5, 0.6) is 23.0 Å². The molecule has 1 aliphatic heterocycles. The molecular formula is C22H20FNO4. The molecule has 0 spiro atoms. The van der Waals surface area contributed by atoms with Crippen LogP contribution >= 0.6 is 0 Å². The molecule has 4 rings (SSSR count). The molecule has 1 heterocycles. The summed E-state index contributed by atoms with van der Waals surface area (Å²) < 4.78 is 35.3. The number of halogens is 1. The maximum atomic E-state index is 13.1. The lowest BCUT2D eigenvalue weighted by molar-refractivity contribution is 0.174. The molecule has 6 heteroatoms. The summed E-state index contributed by atoms with van der Waals surface area (Å²) in [4.78, 5) is 0. The van der Waals surface area contributed by atoms with Crippen molar-refractivity contribution in [2.75, 3.05) is 19.2 Å². The molecule has 0 fully saturated rings. The first-order valence-corrected chi connectivity index (χ1v) is 8.89. The zero-order valence-electron chi connectivity index (χ0n) is 15.4. The molecule has 0 bridgehead atoms. The number of methoxy groups -OCH3 is 1. The summed E-state index contributed by atoms with van der Waals surface area (Å²) in [6.07, 6.45) is 0. The molecular weight excluding hydrogens is 361 g/mol. The van der Waals surface area contributed by atoms with Crippen LogP contribution in [0.4, 0.5) is 10.1 Å². The molecule has 0 unspecified atom stereocenters. The van der Waals surface area contributed by atoms with Crippen molar-refractivity contribution in [1.82, 2.24) is 0 Å². The van der Waals surface area contributed by atoms with Crippen molar-refractivity contribution in [3.63, 3.8) is 0 Å². The molecule has 3 aromatic carbocycles. The minimum Gasteiger partial charge on any atom is -0.493 e. The fraction of sp³-hybridized carbons (Fsp3) is 0.182. The maximum absolute atomic E-state index is 13.1. The Bertz CT molecular complexity index is 959. The number of fused-ring (bicyclic) bond motifs is 1. The number of ether oxygens (including phenoxy) is 4. The summed E-state index contributed by atoms with van der Waals surface area (Å²) in [6.45, 7) is 1.10. The average molecular weight is 381 g/mol. The summed E-state index contributed by atoms with van der Waals surface area (Å²) in [7, 11) is 1.61. The van der Waals surface area contributed by atoms with Crippen LogP contribution < -0.4 is 24.3 Å². The van der Waals surface area contributed by atoms with Gasteiger partial charge >= 0.3 is 0 Å². The summed E-state index contributed by atoms with van der Waals surface area (Å²) in [5.74, 6) is 2.50. The number of anilines is 1. The fourth-order valence-electron chi connectivity index (χ4n) is 2.96. The zero-order chi connectivity index (χ0) is 19.3. The topological polar surface area (TPSA) is 49.0 Å². The van der Waals surface area contributed by atoms with E-state index in [2.05, 4.69) is 5.32 Å². The van der Waals surface area contributed by atoms with Crippen molar-refractivity contribution in [1.29, 1.82) is 0 Å². The number of benzene rings is 3. The van der Waals surface area contributed by atoms with Gasteiger partial charge in [-0.3, -0.25) is 0 Å². The van der Waals surface area contributed by atoms with Gasteiger partial charge in [0.2, 0.25) is 6.79 Å². The van der Waals surface area contributed by atoms with Crippen molar-refractivity contribution in [2.24, 2.45) is 0 Å². The second kappa shape index (κ2) is 8.08. The fourth-order valence-corrected chi connectivity index (χ4v) is 2.96. The van der Waals surface area contributed by atoms with Gasteiger partial charge in [-0.15, -0.1) is 0 Å². The monoisotopic (exact) mass is 381 g/mol. The minimum atomic E-state index is -0.269. The predicted molar refractivity (Wildman–Crippen MR) is 104 cm³/mol. The molecule has 3 aromatic rings. The smallest absolute Gasteiger partial charge is 0.231 e. The van der Waals surface area contributed by atoms with Crippen LogP contribution in [0.2, 0.25) is 0 Å². The van der Waals surface area contributed by atoms with Gasteiger partial charge in [0.05, 0.1) is 7.11 Å². The van der Waals surface area contributed by atoms with Crippen molar-refractivity contribution in [3.05, 3.63) is 77.6 Å². The van der Waals surface area contributed by atoms with Crippen LogP contribution in [0.15, 0.2) is 60.7 Å². The van der Waals surface area contributed by atoms with Gasteiger partial charge in [-0.1, -0.05) is 24.3 Å². The minimum absolute atomic E-state index is 0.246. The standard InChI is InChI=1S/C22H20FNO4/c1-25-20-4-2-3-16(22(20)26-13-15-5-7-17(23)8-6-15)12-24-18-9-10-19-21(11-18)28-14-27-19/h2-11,24H,12-14H2,1H3. The van der Waals surface area contributed by atoms with Crippen LogP contribution in [0, 0.1) is 5.82 Å². The first-order chi connectivity index (χ1) is 13.7. The molecule has 144 valence electrons. The molecule has 0 saturated carbocycles. The van der Waals surface area contributed by atoms with E-state index in [1.54, 1.807) is 19.2 Å². The van der Waals surface area contributed by atoms with Crippen LogP contribution in [-0.4, -0.2) is 13.9 Å². The van der Waals surface area contributed by atoms with Gasteiger partial charge in [0.1, 0.15) is 12.4 Å². The summed E-state index contributed by atoms with van der Waals surface area (Å²) >= 11 is 0. The number of rotatable bonds is 7. The van der Waals surface area contributed by atoms with Gasteiger partial charge in [0.25, 0.3) is 0 Å². The first kappa shape index (κ1) is 18.0. The van der Waals surface area contributed by atoms with Crippen LogP contribution in [0.3, 0.4) is 0 Å². The lowest BCUT2D eigenvalue weighted by Crippen LogP contribution is -2.05. The van der Waals surface area contributed by atoms with E-state index in [-0.39, 0.29) is 12.6 Å². The molecule has 1 aliphatic rings. The largest absolute Gasteiger partial charge is 0.493 e. The quantitative estimate of drug-likeness (QED) is 0.640. The van der Waals surface area contributed by atoms with Crippen molar-refractivity contribution < 1.29 is 23.3 Å². The Morgan fingerprint density at radius 3 is 2.64 bits per heavy atom. The Hall–Kier alpha value is -3.41. The second-order valence-electron chi connectivity index (χ2n) is 6.29. The molecule has 28 heavy (non-hydrogen) atoms. The Balaban J connectivity index is 1.49. The molecule has 0 atom stereocenters. The van der Waals surface area contributed by atoms with E-state index >= 15 is 0 Å². The molecule has 5 nitrogen and oxygen atoms in total. The molecule has 0 amide bonds. The molecule has 0 saturated heterocycles. The third kappa shape index (κ3) is 3.96. The lowest BCUT2D eigenvalue weighted by atomic mass is 10.1. The Kier molecular flexibility index (Phi) is 5.19. The molecule has 0 aliphatic carbocycles. The zero-order valence-corrected chi connectivity index (χ0v) is 15.4. The van der Waals surface area contributed by atoms with Crippen molar-refractivity contribution >= 4 is 5.69 Å². The lowest BCUT2D eigenvalue weighted by Gasteiger charge is -2.16. The van der Waals surface area contributed by atoms with E-state index < -0.39 is 0 Å². The highest BCUT2D eigenvalue weighted by Gasteiger charge is 2.14.